The average molecular weight is 214 g/mol. The first kappa shape index (κ1) is 8.33. The number of fused-ring (bicyclic) bond motifs is 3. The van der Waals surface area contributed by atoms with E-state index < -0.39 is 0 Å². The average Bonchev–Trinajstić information content (AvgIpc) is 2.29. The molecular formula is C12H10SSi. The van der Waals surface area contributed by atoms with Crippen molar-refractivity contribution in [3.05, 3.63) is 48.5 Å². The summed E-state index contributed by atoms with van der Waals surface area (Å²) in [4.78, 5) is 1.47. The lowest BCUT2D eigenvalue weighted by Crippen LogP contribution is -2.17. The molecule has 0 N–H and O–H groups in total. The minimum absolute atomic E-state index is 0.135. The highest BCUT2D eigenvalue weighted by atomic mass is 32.4. The molecule has 0 aromatic heterocycles. The van der Waals surface area contributed by atoms with E-state index in [-0.39, 0.29) is 8.67 Å². The summed E-state index contributed by atoms with van der Waals surface area (Å²) in [6, 6.07) is 17.6. The van der Waals surface area contributed by atoms with Crippen LogP contribution in [0.4, 0.5) is 0 Å². The van der Waals surface area contributed by atoms with Crippen LogP contribution in [0.1, 0.15) is 0 Å². The molecule has 2 aromatic carbocycles. The van der Waals surface area contributed by atoms with E-state index in [9.17, 15) is 0 Å². The molecule has 0 atom stereocenters. The summed E-state index contributed by atoms with van der Waals surface area (Å²) in [5, 5.41) is 1.59. The van der Waals surface area contributed by atoms with Crippen LogP contribution < -0.4 is 5.19 Å². The zero-order valence-corrected chi connectivity index (χ0v) is 9.96. The van der Waals surface area contributed by atoms with Crippen molar-refractivity contribution in [2.24, 2.45) is 0 Å². The molecule has 0 unspecified atom stereocenters. The second-order valence-corrected chi connectivity index (χ2v) is 6.95. The van der Waals surface area contributed by atoms with Crippen LogP contribution in [0.5, 0.6) is 0 Å². The molecule has 0 amide bonds. The normalized spacial score (nSPS) is 14.9. The Bertz CT molecular complexity index is 434. The van der Waals surface area contributed by atoms with Crippen molar-refractivity contribution in [2.45, 2.75) is 4.90 Å². The molecule has 0 saturated heterocycles. The van der Waals surface area contributed by atoms with Crippen LogP contribution >= 0.6 is 11.2 Å². The highest BCUT2D eigenvalue weighted by Crippen LogP contribution is 2.33. The summed E-state index contributed by atoms with van der Waals surface area (Å²) >= 11 is 2.07. The highest BCUT2D eigenvalue weighted by molar-refractivity contribution is 8.23. The fraction of sp³-hybridized carbons (Fsp3) is 0. The minimum Gasteiger partial charge on any atom is -0.153 e. The van der Waals surface area contributed by atoms with Crippen LogP contribution in [0, 0.1) is 0 Å². The summed E-state index contributed by atoms with van der Waals surface area (Å²) in [5.74, 6) is 0. The lowest BCUT2D eigenvalue weighted by Gasteiger charge is -2.18. The van der Waals surface area contributed by atoms with E-state index in [1.807, 2.05) is 0 Å². The Morgan fingerprint density at radius 2 is 1.50 bits per heavy atom. The van der Waals surface area contributed by atoms with Gasteiger partial charge in [-0.2, -0.15) is 11.2 Å². The summed E-state index contributed by atoms with van der Waals surface area (Å²) in [6.07, 6.45) is 0. The van der Waals surface area contributed by atoms with Crippen molar-refractivity contribution in [1.29, 1.82) is 0 Å². The van der Waals surface area contributed by atoms with Gasteiger partial charge >= 0.3 is 0 Å². The van der Waals surface area contributed by atoms with Gasteiger partial charge in [0.1, 0.15) is 8.67 Å². The van der Waals surface area contributed by atoms with Gasteiger partial charge in [0, 0.05) is 4.90 Å². The van der Waals surface area contributed by atoms with Crippen LogP contribution in [-0.2, 0) is 0 Å². The van der Waals surface area contributed by atoms with Gasteiger partial charge < -0.3 is 0 Å². The van der Waals surface area contributed by atoms with Gasteiger partial charge in [-0.15, -0.1) is 0 Å². The monoisotopic (exact) mass is 214 g/mol. The second-order valence-electron chi connectivity index (χ2n) is 3.44. The molecule has 1 aliphatic heterocycles. The third-order valence-corrected chi connectivity index (χ3v) is 6.62. The van der Waals surface area contributed by atoms with Gasteiger partial charge in [0.05, 0.1) is 0 Å². The van der Waals surface area contributed by atoms with Gasteiger partial charge in [-0.25, -0.2) is 0 Å². The molecule has 2 aromatic rings. The molecule has 0 radical (unpaired) electrons. The molecule has 2 heteroatoms. The smallest absolute Gasteiger partial charge is 0.124 e. The molecule has 0 spiro atoms. The molecular weight excluding hydrogens is 204 g/mol. The van der Waals surface area contributed by atoms with Crippen molar-refractivity contribution in [1.82, 2.24) is 0 Å². The van der Waals surface area contributed by atoms with Crippen LogP contribution in [0.3, 0.4) is 0 Å². The van der Waals surface area contributed by atoms with Crippen LogP contribution in [0.25, 0.3) is 11.1 Å². The molecule has 0 fully saturated rings. The van der Waals surface area contributed by atoms with E-state index >= 15 is 0 Å². The first-order chi connectivity index (χ1) is 6.95. The molecule has 1 heterocycles. The standard InChI is InChI=1S/C12H10SSi/c1-3-7-11-9(5-1)10-6-2-4-8-12(10)14-13-11/h1-8H,14H2. The number of hydrogen-bond acceptors (Lipinski definition) is 1. The minimum atomic E-state index is -0.135. The lowest BCUT2D eigenvalue weighted by molar-refractivity contribution is 1.46. The largest absolute Gasteiger partial charge is 0.153 e. The Balaban J connectivity index is 2.29. The molecule has 68 valence electrons. The van der Waals surface area contributed by atoms with E-state index in [2.05, 4.69) is 59.7 Å². The Kier molecular flexibility index (Phi) is 1.96. The fourth-order valence-electron chi connectivity index (χ4n) is 1.88. The van der Waals surface area contributed by atoms with Gasteiger partial charge in [-0.1, -0.05) is 42.5 Å². The first-order valence-electron chi connectivity index (χ1n) is 4.75. The van der Waals surface area contributed by atoms with Crippen molar-refractivity contribution < 1.29 is 0 Å². The topological polar surface area (TPSA) is 0 Å². The Morgan fingerprint density at radius 3 is 2.43 bits per heavy atom. The van der Waals surface area contributed by atoms with Crippen molar-refractivity contribution in [3.63, 3.8) is 0 Å². The van der Waals surface area contributed by atoms with E-state index in [1.54, 1.807) is 5.19 Å². The van der Waals surface area contributed by atoms with E-state index in [4.69, 9.17) is 0 Å². The van der Waals surface area contributed by atoms with Crippen LogP contribution in [-0.4, -0.2) is 8.67 Å². The van der Waals surface area contributed by atoms with E-state index in [1.165, 1.54) is 16.0 Å². The SMILES string of the molecule is c1ccc2c(c1)[SiH2]Sc1ccccc1-2. The maximum Gasteiger partial charge on any atom is 0.124 e. The molecule has 14 heavy (non-hydrogen) atoms. The van der Waals surface area contributed by atoms with Gasteiger partial charge in [0.2, 0.25) is 0 Å². The summed E-state index contributed by atoms with van der Waals surface area (Å²) in [5.41, 5.74) is 2.89. The van der Waals surface area contributed by atoms with Crippen molar-refractivity contribution in [2.75, 3.05) is 0 Å². The van der Waals surface area contributed by atoms with E-state index in [0.717, 1.165) is 0 Å². The van der Waals surface area contributed by atoms with Crippen LogP contribution in [0.2, 0.25) is 0 Å². The Labute approximate surface area is 89.8 Å². The maximum atomic E-state index is 2.28. The Morgan fingerprint density at radius 1 is 0.786 bits per heavy atom. The molecule has 0 saturated carbocycles. The molecule has 3 rings (SSSR count). The quantitative estimate of drug-likeness (QED) is 0.606. The van der Waals surface area contributed by atoms with Crippen LogP contribution in [0.15, 0.2) is 53.4 Å². The molecule has 0 bridgehead atoms. The summed E-state index contributed by atoms with van der Waals surface area (Å²) in [6.45, 7) is 0. The highest BCUT2D eigenvalue weighted by Gasteiger charge is 2.14. The van der Waals surface area contributed by atoms with Crippen molar-refractivity contribution in [3.8, 4) is 11.1 Å². The number of hydrogen-bond donors (Lipinski definition) is 0. The second kappa shape index (κ2) is 3.30. The Hall–Kier alpha value is -0.993. The fourth-order valence-corrected chi connectivity index (χ4v) is 5.84. The van der Waals surface area contributed by atoms with Gasteiger partial charge in [0.25, 0.3) is 0 Å². The third-order valence-electron chi connectivity index (χ3n) is 2.58. The number of rotatable bonds is 0. The zero-order valence-electron chi connectivity index (χ0n) is 7.73. The molecule has 1 aliphatic rings. The lowest BCUT2D eigenvalue weighted by atomic mass is 10.1. The van der Waals surface area contributed by atoms with Gasteiger partial charge in [0.15, 0.2) is 0 Å². The molecule has 0 nitrogen and oxygen atoms in total. The summed E-state index contributed by atoms with van der Waals surface area (Å²) in [7, 11) is -0.135. The number of benzene rings is 2. The first-order valence-corrected chi connectivity index (χ1v) is 8.18. The van der Waals surface area contributed by atoms with Gasteiger partial charge in [-0.3, -0.25) is 0 Å². The zero-order chi connectivity index (χ0) is 9.38. The predicted molar refractivity (Wildman–Crippen MR) is 65.9 cm³/mol. The molecule has 0 aliphatic carbocycles. The van der Waals surface area contributed by atoms with Gasteiger partial charge in [-0.05, 0) is 22.4 Å². The van der Waals surface area contributed by atoms with Crippen molar-refractivity contribution >= 4 is 25.1 Å². The maximum absolute atomic E-state index is 2.28. The third kappa shape index (κ3) is 1.22. The summed E-state index contributed by atoms with van der Waals surface area (Å²) < 4.78 is 0. The predicted octanol–water partition coefficient (Wildman–Crippen LogP) is 2.17. The van der Waals surface area contributed by atoms with E-state index in [0.29, 0.717) is 0 Å².